The molecule has 0 unspecified atom stereocenters. The van der Waals surface area contributed by atoms with E-state index in [1.165, 1.54) is 23.1 Å². The van der Waals surface area contributed by atoms with Crippen LogP contribution in [0.2, 0.25) is 0 Å². The molecule has 1 aromatic carbocycles. The van der Waals surface area contributed by atoms with Crippen LogP contribution in [0.5, 0.6) is 0 Å². The normalized spacial score (nSPS) is 24.2. The fourth-order valence-corrected chi connectivity index (χ4v) is 3.52. The highest BCUT2D eigenvalue weighted by Gasteiger charge is 2.47. The van der Waals surface area contributed by atoms with E-state index in [-0.39, 0.29) is 24.4 Å². The zero-order valence-corrected chi connectivity index (χ0v) is 12.9. The first kappa shape index (κ1) is 16.8. The Morgan fingerprint density at radius 3 is 2.42 bits per heavy atom. The van der Waals surface area contributed by atoms with Gasteiger partial charge in [0, 0.05) is 13.1 Å². The molecular weight excluding hydrogens is 323 g/mol. The molecule has 0 spiro atoms. The molecule has 1 saturated heterocycles. The van der Waals surface area contributed by atoms with Gasteiger partial charge in [-0.3, -0.25) is 9.59 Å². The van der Waals surface area contributed by atoms with Gasteiger partial charge >= 0.3 is 12.1 Å². The lowest BCUT2D eigenvalue weighted by atomic mass is 9.92. The van der Waals surface area contributed by atoms with Gasteiger partial charge in [0.2, 0.25) is 5.91 Å². The van der Waals surface area contributed by atoms with Gasteiger partial charge in [0.1, 0.15) is 0 Å². The summed E-state index contributed by atoms with van der Waals surface area (Å²) in [6, 6.07) is 5.01. The first-order chi connectivity index (χ1) is 11.3. The minimum Gasteiger partial charge on any atom is -0.481 e. The third-order valence-electron chi connectivity index (χ3n) is 4.93. The summed E-state index contributed by atoms with van der Waals surface area (Å²) in [6.07, 6.45) is -2.94. The molecule has 1 saturated carbocycles. The number of amides is 1. The van der Waals surface area contributed by atoms with Crippen molar-refractivity contribution < 1.29 is 27.9 Å². The lowest BCUT2D eigenvalue weighted by Crippen LogP contribution is -2.31. The Morgan fingerprint density at radius 2 is 1.83 bits per heavy atom. The van der Waals surface area contributed by atoms with Crippen LogP contribution in [0.15, 0.2) is 24.3 Å². The molecule has 0 radical (unpaired) electrons. The first-order valence-electron chi connectivity index (χ1n) is 7.93. The lowest BCUT2D eigenvalue weighted by Gasteiger charge is -2.18. The van der Waals surface area contributed by atoms with E-state index in [2.05, 4.69) is 0 Å². The third kappa shape index (κ3) is 3.39. The summed E-state index contributed by atoms with van der Waals surface area (Å²) in [6.45, 7) is 0.415. The number of halogens is 3. The lowest BCUT2D eigenvalue weighted by molar-refractivity contribution is -0.142. The summed E-state index contributed by atoms with van der Waals surface area (Å²) in [7, 11) is 0. The van der Waals surface area contributed by atoms with Crippen molar-refractivity contribution in [3.63, 3.8) is 0 Å². The van der Waals surface area contributed by atoms with E-state index >= 15 is 0 Å². The number of carbonyl (C=O) groups is 2. The molecule has 1 N–H and O–H groups in total. The Balaban J connectivity index is 1.73. The summed E-state index contributed by atoms with van der Waals surface area (Å²) in [5, 5.41) is 9.31. The fraction of sp³-hybridized carbons (Fsp3) is 0.529. The van der Waals surface area contributed by atoms with Crippen LogP contribution in [-0.4, -0.2) is 35.0 Å². The highest BCUT2D eigenvalue weighted by atomic mass is 19.4. The minimum atomic E-state index is -4.51. The van der Waals surface area contributed by atoms with E-state index in [4.69, 9.17) is 0 Å². The molecule has 4 nitrogen and oxygen atoms in total. The van der Waals surface area contributed by atoms with Crippen molar-refractivity contribution in [2.24, 2.45) is 17.8 Å². The number of alkyl halides is 3. The maximum Gasteiger partial charge on any atom is 0.416 e. The van der Waals surface area contributed by atoms with Gasteiger partial charge in [0.15, 0.2) is 0 Å². The van der Waals surface area contributed by atoms with Crippen molar-refractivity contribution in [1.29, 1.82) is 0 Å². The van der Waals surface area contributed by atoms with Crippen molar-refractivity contribution >= 4 is 11.9 Å². The van der Waals surface area contributed by atoms with Gasteiger partial charge in [-0.25, -0.2) is 0 Å². The Morgan fingerprint density at radius 1 is 1.17 bits per heavy atom. The average Bonchev–Trinajstić information content (AvgIpc) is 3.24. The van der Waals surface area contributed by atoms with Gasteiger partial charge in [0.25, 0.3) is 0 Å². The Labute approximate surface area is 137 Å². The van der Waals surface area contributed by atoms with Crippen molar-refractivity contribution in [1.82, 2.24) is 4.90 Å². The monoisotopic (exact) mass is 341 g/mol. The van der Waals surface area contributed by atoms with Crippen molar-refractivity contribution in [3.05, 3.63) is 35.4 Å². The Kier molecular flexibility index (Phi) is 4.27. The van der Waals surface area contributed by atoms with Crippen molar-refractivity contribution in [2.75, 3.05) is 13.1 Å². The van der Waals surface area contributed by atoms with Crippen LogP contribution in [-0.2, 0) is 22.2 Å². The highest BCUT2D eigenvalue weighted by Crippen LogP contribution is 2.44. The topological polar surface area (TPSA) is 57.6 Å². The number of likely N-dealkylation sites (tertiary alicyclic amines) is 1. The molecule has 2 fully saturated rings. The molecule has 1 aliphatic heterocycles. The summed E-state index contributed by atoms with van der Waals surface area (Å²) in [5.74, 6) is -1.74. The summed E-state index contributed by atoms with van der Waals surface area (Å²) in [5.41, 5.74) is -0.886. The standard InChI is InChI=1S/C17H18F3NO3/c18-17(19,20)14-4-2-1-3-11(14)7-15(22)21-8-12(10-5-6-10)13(9-21)16(23)24/h1-4,10,12-13H,5-9H2,(H,23,24)/t12-,13+/m1/s1. The average molecular weight is 341 g/mol. The molecule has 1 amide bonds. The second kappa shape index (κ2) is 6.11. The second-order valence-electron chi connectivity index (χ2n) is 6.58. The predicted octanol–water partition coefficient (Wildman–Crippen LogP) is 2.82. The van der Waals surface area contributed by atoms with Crippen LogP contribution in [0, 0.1) is 17.8 Å². The Hall–Kier alpha value is -2.05. The Bertz CT molecular complexity index is 655. The van der Waals surface area contributed by atoms with Gasteiger partial charge in [-0.15, -0.1) is 0 Å². The van der Waals surface area contributed by atoms with E-state index in [1.54, 1.807) is 0 Å². The molecular formula is C17H18F3NO3. The predicted molar refractivity (Wildman–Crippen MR) is 79.1 cm³/mol. The second-order valence-corrected chi connectivity index (χ2v) is 6.58. The molecule has 1 heterocycles. The number of hydrogen-bond donors (Lipinski definition) is 1. The summed E-state index contributed by atoms with van der Waals surface area (Å²) >= 11 is 0. The van der Waals surface area contributed by atoms with E-state index in [0.717, 1.165) is 18.9 Å². The zero-order valence-electron chi connectivity index (χ0n) is 12.9. The van der Waals surface area contributed by atoms with Gasteiger partial charge in [-0.2, -0.15) is 13.2 Å². The van der Waals surface area contributed by atoms with E-state index < -0.39 is 29.5 Å². The molecule has 0 aromatic heterocycles. The maximum atomic E-state index is 13.0. The van der Waals surface area contributed by atoms with Crippen LogP contribution in [0.25, 0.3) is 0 Å². The molecule has 7 heteroatoms. The van der Waals surface area contributed by atoms with E-state index in [9.17, 15) is 27.9 Å². The van der Waals surface area contributed by atoms with Crippen LogP contribution >= 0.6 is 0 Å². The largest absolute Gasteiger partial charge is 0.481 e. The smallest absolute Gasteiger partial charge is 0.416 e. The molecule has 2 atom stereocenters. The van der Waals surface area contributed by atoms with E-state index in [0.29, 0.717) is 12.5 Å². The number of aliphatic carboxylic acids is 1. The number of rotatable bonds is 4. The molecule has 3 rings (SSSR count). The van der Waals surface area contributed by atoms with Gasteiger partial charge in [-0.1, -0.05) is 18.2 Å². The minimum absolute atomic E-state index is 0.0725. The maximum absolute atomic E-state index is 13.0. The van der Waals surface area contributed by atoms with Crippen LogP contribution < -0.4 is 0 Å². The SMILES string of the molecule is O=C(O)[C@H]1CN(C(=O)Cc2ccccc2C(F)(F)F)C[C@@H]1C1CC1. The number of carbonyl (C=O) groups excluding carboxylic acids is 1. The third-order valence-corrected chi connectivity index (χ3v) is 4.93. The van der Waals surface area contributed by atoms with Gasteiger partial charge in [0.05, 0.1) is 17.9 Å². The number of hydrogen-bond acceptors (Lipinski definition) is 2. The van der Waals surface area contributed by atoms with E-state index in [1.807, 2.05) is 0 Å². The number of nitrogens with zero attached hydrogens (tertiary/aromatic N) is 1. The number of carboxylic acids is 1. The first-order valence-corrected chi connectivity index (χ1v) is 7.93. The molecule has 1 aliphatic carbocycles. The molecule has 130 valence electrons. The van der Waals surface area contributed by atoms with Gasteiger partial charge < -0.3 is 10.0 Å². The fourth-order valence-electron chi connectivity index (χ4n) is 3.52. The zero-order chi connectivity index (χ0) is 17.5. The van der Waals surface area contributed by atoms with Crippen LogP contribution in [0.4, 0.5) is 13.2 Å². The molecule has 24 heavy (non-hydrogen) atoms. The highest BCUT2D eigenvalue weighted by molar-refractivity contribution is 5.81. The molecule has 0 bridgehead atoms. The van der Waals surface area contributed by atoms with Crippen LogP contribution in [0.1, 0.15) is 24.0 Å². The van der Waals surface area contributed by atoms with Gasteiger partial charge in [-0.05, 0) is 36.3 Å². The summed E-state index contributed by atoms with van der Waals surface area (Å²) in [4.78, 5) is 25.2. The van der Waals surface area contributed by atoms with Crippen molar-refractivity contribution in [3.8, 4) is 0 Å². The van der Waals surface area contributed by atoms with Crippen LogP contribution in [0.3, 0.4) is 0 Å². The number of benzene rings is 1. The molecule has 1 aromatic rings. The summed E-state index contributed by atoms with van der Waals surface area (Å²) < 4.78 is 39.1. The number of carboxylic acid groups (broad SMARTS) is 1. The quantitative estimate of drug-likeness (QED) is 0.916. The van der Waals surface area contributed by atoms with Crippen molar-refractivity contribution in [2.45, 2.75) is 25.4 Å². The molecule has 2 aliphatic rings.